The van der Waals surface area contributed by atoms with Crippen molar-refractivity contribution in [3.8, 4) is 22.8 Å². The molecule has 144 valence electrons. The van der Waals surface area contributed by atoms with E-state index in [9.17, 15) is 4.79 Å². The average molecular weight is 401 g/mol. The molecule has 0 aliphatic carbocycles. The molecule has 0 aliphatic rings. The van der Waals surface area contributed by atoms with Gasteiger partial charge in [-0.3, -0.25) is 10.1 Å². The molecule has 4 aromatic rings. The molecular weight excluding hydrogens is 380 g/mol. The zero-order valence-corrected chi connectivity index (χ0v) is 17.0. The second kappa shape index (κ2) is 8.29. The smallest absolute Gasteiger partial charge is 0.257 e. The number of carbonyl (C=O) groups excluding carboxylic acids is 1. The van der Waals surface area contributed by atoms with Gasteiger partial charge in [0, 0.05) is 16.5 Å². The number of para-hydroxylation sites is 1. The van der Waals surface area contributed by atoms with E-state index in [-0.39, 0.29) is 5.91 Å². The quantitative estimate of drug-likeness (QED) is 0.417. The molecule has 0 unspecified atom stereocenters. The topological polar surface area (TPSA) is 51.2 Å². The maximum atomic E-state index is 12.5. The highest BCUT2D eigenvalue weighted by Gasteiger charge is 2.12. The molecule has 0 radical (unpaired) electrons. The van der Waals surface area contributed by atoms with Gasteiger partial charge in [0.1, 0.15) is 11.5 Å². The Hall–Kier alpha value is -3.44. The molecule has 4 rings (SSSR count). The Morgan fingerprint density at radius 1 is 0.931 bits per heavy atom. The van der Waals surface area contributed by atoms with Gasteiger partial charge in [-0.05, 0) is 61.9 Å². The first-order valence-corrected chi connectivity index (χ1v) is 10.1. The highest BCUT2D eigenvalue weighted by atomic mass is 32.1. The zero-order chi connectivity index (χ0) is 20.2. The molecule has 29 heavy (non-hydrogen) atoms. The maximum Gasteiger partial charge on any atom is 0.257 e. The summed E-state index contributed by atoms with van der Waals surface area (Å²) in [5, 5.41) is 5.41. The first-order chi connectivity index (χ1) is 14.1. The first kappa shape index (κ1) is 18.9. The number of nitrogens with zero attached hydrogens (tertiary/aromatic N) is 1. The number of hydrogen-bond donors (Lipinski definition) is 1. The summed E-state index contributed by atoms with van der Waals surface area (Å²) in [6.45, 7) is 3.95. The molecule has 1 N–H and O–H groups in total. The number of nitrogens with one attached hydrogen (secondary N) is 1. The highest BCUT2D eigenvalue weighted by Crippen LogP contribution is 2.28. The van der Waals surface area contributed by atoms with Crippen LogP contribution in [-0.2, 0) is 0 Å². The van der Waals surface area contributed by atoms with Crippen LogP contribution in [0.1, 0.15) is 21.5 Å². The van der Waals surface area contributed by atoms with E-state index in [0.717, 1.165) is 33.9 Å². The molecule has 0 atom stereocenters. The van der Waals surface area contributed by atoms with Crippen molar-refractivity contribution in [2.24, 2.45) is 0 Å². The van der Waals surface area contributed by atoms with Gasteiger partial charge >= 0.3 is 0 Å². The van der Waals surface area contributed by atoms with Gasteiger partial charge in [-0.2, -0.15) is 0 Å². The molecule has 4 nitrogen and oxygen atoms in total. The predicted molar refractivity (Wildman–Crippen MR) is 118 cm³/mol. The number of aryl methyl sites for hydroxylation is 2. The van der Waals surface area contributed by atoms with Gasteiger partial charge in [-0.1, -0.05) is 35.9 Å². The summed E-state index contributed by atoms with van der Waals surface area (Å²) in [6, 6.07) is 23.2. The van der Waals surface area contributed by atoms with Gasteiger partial charge < -0.3 is 4.74 Å². The lowest BCUT2D eigenvalue weighted by atomic mass is 10.1. The first-order valence-electron chi connectivity index (χ1n) is 9.26. The molecule has 0 saturated carbocycles. The third-order valence-corrected chi connectivity index (χ3v) is 5.24. The van der Waals surface area contributed by atoms with Gasteiger partial charge in [0.05, 0.1) is 5.69 Å². The summed E-state index contributed by atoms with van der Waals surface area (Å²) in [5.41, 5.74) is 4.53. The van der Waals surface area contributed by atoms with Crippen molar-refractivity contribution in [1.29, 1.82) is 0 Å². The van der Waals surface area contributed by atoms with Crippen molar-refractivity contribution in [3.05, 3.63) is 94.9 Å². The Morgan fingerprint density at radius 3 is 2.38 bits per heavy atom. The number of benzene rings is 3. The van der Waals surface area contributed by atoms with Crippen LogP contribution < -0.4 is 10.1 Å². The van der Waals surface area contributed by atoms with Crippen LogP contribution in [0.25, 0.3) is 11.3 Å². The highest BCUT2D eigenvalue weighted by molar-refractivity contribution is 7.14. The number of amides is 1. The van der Waals surface area contributed by atoms with Crippen molar-refractivity contribution in [3.63, 3.8) is 0 Å². The predicted octanol–water partition coefficient (Wildman–Crippen LogP) is 6.47. The fraction of sp³-hybridized carbons (Fsp3) is 0.0833. The summed E-state index contributed by atoms with van der Waals surface area (Å²) < 4.78 is 5.82. The minimum absolute atomic E-state index is 0.144. The third kappa shape index (κ3) is 4.52. The maximum absolute atomic E-state index is 12.5. The Morgan fingerprint density at radius 2 is 1.66 bits per heavy atom. The Bertz CT molecular complexity index is 1140. The van der Waals surface area contributed by atoms with Gasteiger partial charge in [-0.25, -0.2) is 4.98 Å². The molecule has 1 heterocycles. The Kier molecular flexibility index (Phi) is 5.40. The molecule has 1 aromatic heterocycles. The van der Waals surface area contributed by atoms with E-state index in [2.05, 4.69) is 10.3 Å². The van der Waals surface area contributed by atoms with E-state index < -0.39 is 0 Å². The average Bonchev–Trinajstić information content (AvgIpc) is 3.17. The van der Waals surface area contributed by atoms with Crippen LogP contribution in [0.2, 0.25) is 0 Å². The van der Waals surface area contributed by atoms with Gasteiger partial charge in [-0.15, -0.1) is 11.3 Å². The number of carbonyl (C=O) groups is 1. The normalized spacial score (nSPS) is 10.6. The largest absolute Gasteiger partial charge is 0.457 e. The van der Waals surface area contributed by atoms with Crippen molar-refractivity contribution < 1.29 is 9.53 Å². The van der Waals surface area contributed by atoms with Gasteiger partial charge in [0.15, 0.2) is 5.13 Å². The van der Waals surface area contributed by atoms with E-state index in [1.807, 2.05) is 92.0 Å². The molecule has 3 aromatic carbocycles. The minimum Gasteiger partial charge on any atom is -0.457 e. The fourth-order valence-electron chi connectivity index (χ4n) is 3.01. The van der Waals surface area contributed by atoms with E-state index in [1.165, 1.54) is 11.3 Å². The lowest BCUT2D eigenvalue weighted by Crippen LogP contribution is -2.13. The van der Waals surface area contributed by atoms with Crippen LogP contribution in [0, 0.1) is 13.8 Å². The Balaban J connectivity index is 1.45. The molecule has 0 aliphatic heterocycles. The van der Waals surface area contributed by atoms with E-state index in [0.29, 0.717) is 10.7 Å². The molecule has 0 spiro atoms. The van der Waals surface area contributed by atoms with Crippen molar-refractivity contribution >= 4 is 22.4 Å². The van der Waals surface area contributed by atoms with E-state index in [1.54, 1.807) is 0 Å². The van der Waals surface area contributed by atoms with Crippen molar-refractivity contribution in [2.75, 3.05) is 5.32 Å². The molecule has 0 bridgehead atoms. The van der Waals surface area contributed by atoms with E-state index >= 15 is 0 Å². The van der Waals surface area contributed by atoms with Crippen LogP contribution in [-0.4, -0.2) is 10.9 Å². The SMILES string of the molecule is Cc1ccc(C(=O)Nc2nc(-c3ccc(Oc4ccccc4)cc3)cs2)c(C)c1. The number of hydrogen-bond acceptors (Lipinski definition) is 4. The monoisotopic (exact) mass is 400 g/mol. The summed E-state index contributed by atoms with van der Waals surface area (Å²) in [5.74, 6) is 1.42. The number of ether oxygens (including phenoxy) is 1. The zero-order valence-electron chi connectivity index (χ0n) is 16.2. The summed E-state index contributed by atoms with van der Waals surface area (Å²) in [4.78, 5) is 17.1. The number of aromatic nitrogens is 1. The van der Waals surface area contributed by atoms with Crippen molar-refractivity contribution in [2.45, 2.75) is 13.8 Å². The Labute approximate surface area is 173 Å². The van der Waals surface area contributed by atoms with E-state index in [4.69, 9.17) is 4.74 Å². The second-order valence-electron chi connectivity index (χ2n) is 6.75. The molecular formula is C24H20N2O2S. The van der Waals surface area contributed by atoms with Crippen LogP contribution in [0.4, 0.5) is 5.13 Å². The summed E-state index contributed by atoms with van der Waals surface area (Å²) >= 11 is 1.41. The second-order valence-corrected chi connectivity index (χ2v) is 7.61. The van der Waals surface area contributed by atoms with Crippen LogP contribution in [0.5, 0.6) is 11.5 Å². The molecule has 0 saturated heterocycles. The standard InChI is InChI=1S/C24H20N2O2S/c1-16-8-13-21(17(2)14-16)23(27)26-24-25-22(15-29-24)18-9-11-20(12-10-18)28-19-6-4-3-5-7-19/h3-15H,1-2H3,(H,25,26,27). The van der Waals surface area contributed by atoms with Crippen LogP contribution in [0.15, 0.2) is 78.2 Å². The van der Waals surface area contributed by atoms with Gasteiger partial charge in [0.2, 0.25) is 0 Å². The lowest BCUT2D eigenvalue weighted by Gasteiger charge is -2.06. The van der Waals surface area contributed by atoms with Gasteiger partial charge in [0.25, 0.3) is 5.91 Å². The summed E-state index contributed by atoms with van der Waals surface area (Å²) in [6.07, 6.45) is 0. The number of rotatable bonds is 5. The fourth-order valence-corrected chi connectivity index (χ4v) is 3.73. The minimum atomic E-state index is -0.144. The summed E-state index contributed by atoms with van der Waals surface area (Å²) in [7, 11) is 0. The third-order valence-electron chi connectivity index (χ3n) is 4.48. The van der Waals surface area contributed by atoms with Crippen LogP contribution >= 0.6 is 11.3 Å². The number of thiazole rings is 1. The van der Waals surface area contributed by atoms with Crippen molar-refractivity contribution in [1.82, 2.24) is 4.98 Å². The molecule has 5 heteroatoms. The molecule has 0 fully saturated rings. The van der Waals surface area contributed by atoms with Crippen LogP contribution in [0.3, 0.4) is 0 Å². The molecule has 1 amide bonds. The lowest BCUT2D eigenvalue weighted by molar-refractivity contribution is 0.102. The number of anilines is 1.